The second-order valence-electron chi connectivity index (χ2n) is 6.89. The molecule has 7 nitrogen and oxygen atoms in total. The van der Waals surface area contributed by atoms with Crippen molar-refractivity contribution in [1.82, 2.24) is 13.9 Å². The Morgan fingerprint density at radius 1 is 1.23 bits per heavy atom. The van der Waals surface area contributed by atoms with Crippen molar-refractivity contribution in [3.05, 3.63) is 53.1 Å². The van der Waals surface area contributed by atoms with Crippen LogP contribution in [0, 0.1) is 5.82 Å². The van der Waals surface area contributed by atoms with Gasteiger partial charge >= 0.3 is 0 Å². The van der Waals surface area contributed by atoms with E-state index in [0.717, 1.165) is 15.9 Å². The standard InChI is InChI=1S/C20H22ClFN4O3S/c1-4-26-18-8-6-14(30(28,29)25(2)3)12-17(18)24-19(26)9-10-20(27)23-13-5-7-15(21)16(22)11-13/h5-8,11-12H,4,9-10H2,1-3H3,(H,23,27). The lowest BCUT2D eigenvalue weighted by molar-refractivity contribution is -0.116. The molecule has 1 heterocycles. The number of nitrogens with zero attached hydrogens (tertiary/aromatic N) is 3. The van der Waals surface area contributed by atoms with Gasteiger partial charge in [0, 0.05) is 39.2 Å². The van der Waals surface area contributed by atoms with E-state index in [1.807, 2.05) is 11.5 Å². The second-order valence-corrected chi connectivity index (χ2v) is 9.45. The van der Waals surface area contributed by atoms with Gasteiger partial charge in [0.15, 0.2) is 0 Å². The van der Waals surface area contributed by atoms with Crippen LogP contribution >= 0.6 is 11.6 Å². The summed E-state index contributed by atoms with van der Waals surface area (Å²) in [7, 11) is -0.620. The number of carbonyl (C=O) groups excluding carboxylic acids is 1. The third kappa shape index (κ3) is 4.48. The molecule has 3 aromatic rings. The van der Waals surface area contributed by atoms with Crippen molar-refractivity contribution < 1.29 is 17.6 Å². The zero-order valence-corrected chi connectivity index (χ0v) is 18.4. The fourth-order valence-electron chi connectivity index (χ4n) is 3.10. The Bertz CT molecular complexity index is 1210. The number of imidazole rings is 1. The van der Waals surface area contributed by atoms with Gasteiger partial charge in [-0.2, -0.15) is 0 Å². The average Bonchev–Trinajstić information content (AvgIpc) is 3.05. The molecule has 2 aromatic carbocycles. The van der Waals surface area contributed by atoms with Crippen molar-refractivity contribution in [1.29, 1.82) is 0 Å². The Hall–Kier alpha value is -2.49. The number of amides is 1. The van der Waals surface area contributed by atoms with E-state index in [2.05, 4.69) is 10.3 Å². The molecule has 0 unspecified atom stereocenters. The number of anilines is 1. The van der Waals surface area contributed by atoms with Gasteiger partial charge in [-0.1, -0.05) is 11.6 Å². The third-order valence-electron chi connectivity index (χ3n) is 4.67. The Morgan fingerprint density at radius 3 is 2.60 bits per heavy atom. The Balaban J connectivity index is 1.79. The molecule has 0 saturated carbocycles. The molecule has 3 rings (SSSR count). The first-order valence-electron chi connectivity index (χ1n) is 9.30. The normalized spacial score (nSPS) is 11.9. The Kier molecular flexibility index (Phi) is 6.44. The quantitative estimate of drug-likeness (QED) is 0.592. The highest BCUT2D eigenvalue weighted by molar-refractivity contribution is 7.89. The molecule has 0 fully saturated rings. The molecule has 10 heteroatoms. The van der Waals surface area contributed by atoms with E-state index >= 15 is 0 Å². The number of nitrogens with one attached hydrogen (secondary N) is 1. The van der Waals surface area contributed by atoms with Crippen LogP contribution in [-0.4, -0.2) is 42.3 Å². The van der Waals surface area contributed by atoms with Gasteiger partial charge < -0.3 is 9.88 Å². The molecule has 0 atom stereocenters. The van der Waals surface area contributed by atoms with Gasteiger partial charge in [0.2, 0.25) is 15.9 Å². The van der Waals surface area contributed by atoms with Crippen LogP contribution in [-0.2, 0) is 27.8 Å². The highest BCUT2D eigenvalue weighted by Crippen LogP contribution is 2.23. The van der Waals surface area contributed by atoms with E-state index in [1.54, 1.807) is 12.1 Å². The molecular weight excluding hydrogens is 431 g/mol. The fourth-order valence-corrected chi connectivity index (χ4v) is 4.14. The van der Waals surface area contributed by atoms with E-state index in [0.29, 0.717) is 30.0 Å². The fraction of sp³-hybridized carbons (Fsp3) is 0.300. The molecular formula is C20H22ClFN4O3S. The molecule has 0 aliphatic rings. The van der Waals surface area contributed by atoms with Gasteiger partial charge in [-0.15, -0.1) is 0 Å². The number of fused-ring (bicyclic) bond motifs is 1. The second kappa shape index (κ2) is 8.71. The summed E-state index contributed by atoms with van der Waals surface area (Å²) in [5, 5.41) is 2.62. The first-order valence-corrected chi connectivity index (χ1v) is 11.1. The lowest BCUT2D eigenvalue weighted by Gasteiger charge is -2.11. The van der Waals surface area contributed by atoms with Crippen molar-refractivity contribution in [2.75, 3.05) is 19.4 Å². The van der Waals surface area contributed by atoms with Crippen LogP contribution in [0.1, 0.15) is 19.2 Å². The van der Waals surface area contributed by atoms with E-state index in [4.69, 9.17) is 11.6 Å². The topological polar surface area (TPSA) is 84.3 Å². The minimum atomic E-state index is -3.57. The van der Waals surface area contributed by atoms with E-state index in [9.17, 15) is 17.6 Å². The summed E-state index contributed by atoms with van der Waals surface area (Å²) in [5.41, 5.74) is 1.67. The lowest BCUT2D eigenvalue weighted by Crippen LogP contribution is -2.22. The average molecular weight is 453 g/mol. The summed E-state index contributed by atoms with van der Waals surface area (Å²) in [4.78, 5) is 17.0. The van der Waals surface area contributed by atoms with Crippen LogP contribution in [0.5, 0.6) is 0 Å². The smallest absolute Gasteiger partial charge is 0.242 e. The van der Waals surface area contributed by atoms with E-state index < -0.39 is 15.8 Å². The monoisotopic (exact) mass is 452 g/mol. The molecule has 1 aromatic heterocycles. The number of aromatic nitrogens is 2. The zero-order chi connectivity index (χ0) is 22.1. The third-order valence-corrected chi connectivity index (χ3v) is 6.79. The molecule has 1 N–H and O–H groups in total. The molecule has 0 aliphatic carbocycles. The van der Waals surface area contributed by atoms with Crippen molar-refractivity contribution in [2.45, 2.75) is 31.2 Å². The summed E-state index contributed by atoms with van der Waals surface area (Å²) in [6.45, 7) is 2.57. The maximum Gasteiger partial charge on any atom is 0.242 e. The van der Waals surface area contributed by atoms with Crippen molar-refractivity contribution >= 4 is 44.3 Å². The SMILES string of the molecule is CCn1c(CCC(=O)Nc2ccc(Cl)c(F)c2)nc2cc(S(=O)(=O)N(C)C)ccc21. The number of halogens is 2. The minimum absolute atomic E-state index is 0.0136. The number of hydrogen-bond acceptors (Lipinski definition) is 4. The zero-order valence-electron chi connectivity index (χ0n) is 16.8. The summed E-state index contributed by atoms with van der Waals surface area (Å²) < 4.78 is 41.4. The molecule has 0 saturated heterocycles. The molecule has 1 amide bonds. The highest BCUT2D eigenvalue weighted by Gasteiger charge is 2.19. The highest BCUT2D eigenvalue weighted by atomic mass is 35.5. The van der Waals surface area contributed by atoms with Crippen molar-refractivity contribution in [3.8, 4) is 0 Å². The van der Waals surface area contributed by atoms with Crippen LogP contribution in [0.4, 0.5) is 10.1 Å². The van der Waals surface area contributed by atoms with Gasteiger partial charge in [-0.05, 0) is 43.3 Å². The van der Waals surface area contributed by atoms with Gasteiger partial charge in [0.1, 0.15) is 11.6 Å². The molecule has 0 spiro atoms. The van der Waals surface area contributed by atoms with Gasteiger partial charge in [0.05, 0.1) is 21.0 Å². The number of sulfonamides is 1. The molecule has 160 valence electrons. The predicted molar refractivity (Wildman–Crippen MR) is 115 cm³/mol. The van der Waals surface area contributed by atoms with Crippen molar-refractivity contribution in [2.24, 2.45) is 0 Å². The largest absolute Gasteiger partial charge is 0.328 e. The van der Waals surface area contributed by atoms with E-state index in [-0.39, 0.29) is 22.2 Å². The van der Waals surface area contributed by atoms with Gasteiger partial charge in [-0.3, -0.25) is 4.79 Å². The van der Waals surface area contributed by atoms with Crippen molar-refractivity contribution in [3.63, 3.8) is 0 Å². The van der Waals surface area contributed by atoms with Crippen LogP contribution in [0.3, 0.4) is 0 Å². The molecule has 30 heavy (non-hydrogen) atoms. The van der Waals surface area contributed by atoms with Gasteiger partial charge in [-0.25, -0.2) is 22.1 Å². The number of carbonyl (C=O) groups is 1. The predicted octanol–water partition coefficient (Wildman–Crippen LogP) is 3.67. The minimum Gasteiger partial charge on any atom is -0.328 e. The van der Waals surface area contributed by atoms with Crippen LogP contribution in [0.2, 0.25) is 5.02 Å². The lowest BCUT2D eigenvalue weighted by atomic mass is 10.2. The van der Waals surface area contributed by atoms with Crippen LogP contribution in [0.25, 0.3) is 11.0 Å². The molecule has 0 radical (unpaired) electrons. The Labute approximate surface area is 179 Å². The number of hydrogen-bond donors (Lipinski definition) is 1. The Morgan fingerprint density at radius 2 is 1.97 bits per heavy atom. The number of benzene rings is 2. The number of aryl methyl sites for hydroxylation is 2. The molecule has 0 bridgehead atoms. The van der Waals surface area contributed by atoms with E-state index in [1.165, 1.54) is 32.3 Å². The first-order chi connectivity index (χ1) is 14.1. The number of rotatable bonds is 7. The van der Waals surface area contributed by atoms with Gasteiger partial charge in [0.25, 0.3) is 0 Å². The summed E-state index contributed by atoms with van der Waals surface area (Å²) in [6, 6.07) is 8.88. The maximum absolute atomic E-state index is 13.5. The maximum atomic E-state index is 13.5. The molecule has 0 aliphatic heterocycles. The van der Waals surface area contributed by atoms with Crippen LogP contribution < -0.4 is 5.32 Å². The summed E-state index contributed by atoms with van der Waals surface area (Å²) >= 11 is 5.65. The summed E-state index contributed by atoms with van der Waals surface area (Å²) in [6.07, 6.45) is 0.483. The first kappa shape index (κ1) is 22.2. The van der Waals surface area contributed by atoms with Crippen LogP contribution in [0.15, 0.2) is 41.3 Å². The summed E-state index contributed by atoms with van der Waals surface area (Å²) in [5.74, 6) is -0.225.